The highest BCUT2D eigenvalue weighted by Gasteiger charge is 2.46. The van der Waals surface area contributed by atoms with Crippen LogP contribution >= 0.6 is 0 Å². The highest BCUT2D eigenvalue weighted by molar-refractivity contribution is 5.88. The molecule has 160 valence electrons. The molecule has 1 aliphatic carbocycles. The van der Waals surface area contributed by atoms with Gasteiger partial charge in [0.15, 0.2) is 5.78 Å². The SMILES string of the molecule is CN(C1CCN(Cc2ccccc2)C1)C(O)(C(=O)CC1CCCC1)c1ccccc1. The van der Waals surface area contributed by atoms with E-state index in [9.17, 15) is 9.90 Å². The zero-order chi connectivity index (χ0) is 21.0. The number of Topliss-reactive ketones (excluding diaryl/α,β-unsaturated/α-hetero) is 1. The van der Waals surface area contributed by atoms with Crippen LogP contribution in [0.5, 0.6) is 0 Å². The van der Waals surface area contributed by atoms with E-state index in [4.69, 9.17) is 0 Å². The number of nitrogens with zero attached hydrogens (tertiary/aromatic N) is 2. The summed E-state index contributed by atoms with van der Waals surface area (Å²) in [5.74, 6) is 0.365. The van der Waals surface area contributed by atoms with Gasteiger partial charge in [-0.05, 0) is 24.9 Å². The molecule has 2 unspecified atom stereocenters. The fraction of sp³-hybridized carbons (Fsp3) is 0.500. The van der Waals surface area contributed by atoms with E-state index in [2.05, 4.69) is 29.2 Å². The Hall–Kier alpha value is -2.01. The molecule has 1 N–H and O–H groups in total. The third-order valence-electron chi connectivity index (χ3n) is 7.07. The summed E-state index contributed by atoms with van der Waals surface area (Å²) in [5, 5.41) is 11.9. The van der Waals surface area contributed by atoms with Crippen molar-refractivity contribution < 1.29 is 9.90 Å². The summed E-state index contributed by atoms with van der Waals surface area (Å²) >= 11 is 0. The van der Waals surface area contributed by atoms with Crippen LogP contribution in [0.3, 0.4) is 0 Å². The second-order valence-corrected chi connectivity index (χ2v) is 9.09. The van der Waals surface area contributed by atoms with Crippen molar-refractivity contribution in [1.29, 1.82) is 0 Å². The van der Waals surface area contributed by atoms with E-state index >= 15 is 0 Å². The van der Waals surface area contributed by atoms with Crippen molar-refractivity contribution >= 4 is 5.78 Å². The Bertz CT molecular complexity index is 819. The minimum atomic E-state index is -1.56. The zero-order valence-electron chi connectivity index (χ0n) is 18.0. The first-order chi connectivity index (χ1) is 14.6. The van der Waals surface area contributed by atoms with Gasteiger partial charge in [0.1, 0.15) is 0 Å². The van der Waals surface area contributed by atoms with Crippen LogP contribution in [0.25, 0.3) is 0 Å². The van der Waals surface area contributed by atoms with Gasteiger partial charge in [-0.25, -0.2) is 0 Å². The lowest BCUT2D eigenvalue weighted by atomic mass is 9.88. The van der Waals surface area contributed by atoms with Crippen LogP contribution in [0.1, 0.15) is 49.7 Å². The standard InChI is InChI=1S/C26H34N2O2/c1-27(24-16-17-28(20-24)19-22-12-4-2-5-13-22)26(30,23-14-6-3-7-15-23)25(29)18-21-10-8-9-11-21/h2-7,12-15,21,24,30H,8-11,16-20H2,1H3. The monoisotopic (exact) mass is 406 g/mol. The maximum absolute atomic E-state index is 13.5. The molecule has 0 radical (unpaired) electrons. The Balaban J connectivity index is 1.51. The number of hydrogen-bond acceptors (Lipinski definition) is 4. The van der Waals surface area contributed by atoms with Gasteiger partial charge in [0.05, 0.1) is 0 Å². The Morgan fingerprint density at radius 2 is 1.67 bits per heavy atom. The Labute approximate surface area is 180 Å². The largest absolute Gasteiger partial charge is 0.365 e. The molecule has 2 atom stereocenters. The van der Waals surface area contributed by atoms with E-state index in [1.54, 1.807) is 0 Å². The molecule has 4 rings (SSSR count). The lowest BCUT2D eigenvalue weighted by Crippen LogP contribution is -2.55. The van der Waals surface area contributed by atoms with Gasteiger partial charge in [-0.1, -0.05) is 86.3 Å². The van der Waals surface area contributed by atoms with Crippen LogP contribution < -0.4 is 0 Å². The third kappa shape index (κ3) is 4.51. The van der Waals surface area contributed by atoms with E-state index in [1.165, 1.54) is 18.4 Å². The molecule has 0 spiro atoms. The number of likely N-dealkylation sites (tertiary alicyclic amines) is 1. The number of hydrogen-bond donors (Lipinski definition) is 1. The molecule has 0 amide bonds. The second-order valence-electron chi connectivity index (χ2n) is 9.09. The first-order valence-electron chi connectivity index (χ1n) is 11.4. The van der Waals surface area contributed by atoms with E-state index in [-0.39, 0.29) is 11.8 Å². The molecule has 30 heavy (non-hydrogen) atoms. The van der Waals surface area contributed by atoms with Gasteiger partial charge < -0.3 is 5.11 Å². The van der Waals surface area contributed by atoms with Crippen LogP contribution in [0.2, 0.25) is 0 Å². The highest BCUT2D eigenvalue weighted by atomic mass is 16.3. The van der Waals surface area contributed by atoms with E-state index in [0.717, 1.165) is 38.9 Å². The van der Waals surface area contributed by atoms with Crippen molar-refractivity contribution in [2.75, 3.05) is 20.1 Å². The average Bonchev–Trinajstić information content (AvgIpc) is 3.46. The molecular weight excluding hydrogens is 372 g/mol. The summed E-state index contributed by atoms with van der Waals surface area (Å²) in [6.07, 6.45) is 6.04. The lowest BCUT2D eigenvalue weighted by Gasteiger charge is -2.40. The fourth-order valence-corrected chi connectivity index (χ4v) is 5.23. The summed E-state index contributed by atoms with van der Waals surface area (Å²) < 4.78 is 0. The second kappa shape index (κ2) is 9.42. The van der Waals surface area contributed by atoms with Crippen LogP contribution in [0.15, 0.2) is 60.7 Å². The van der Waals surface area contributed by atoms with Crippen molar-refractivity contribution in [2.24, 2.45) is 5.92 Å². The maximum atomic E-state index is 13.5. The third-order valence-corrected chi connectivity index (χ3v) is 7.07. The van der Waals surface area contributed by atoms with Gasteiger partial charge in [0, 0.05) is 37.7 Å². The van der Waals surface area contributed by atoms with Crippen molar-refractivity contribution in [3.8, 4) is 0 Å². The van der Waals surface area contributed by atoms with Crippen LogP contribution in [0, 0.1) is 5.92 Å². The Kier molecular flexibility index (Phi) is 6.67. The van der Waals surface area contributed by atoms with Crippen molar-refractivity contribution in [2.45, 2.75) is 56.8 Å². The molecule has 1 saturated heterocycles. The Morgan fingerprint density at radius 1 is 1.03 bits per heavy atom. The van der Waals surface area contributed by atoms with Crippen LogP contribution in [0.4, 0.5) is 0 Å². The Morgan fingerprint density at radius 3 is 2.33 bits per heavy atom. The summed E-state index contributed by atoms with van der Waals surface area (Å²) in [5.41, 5.74) is 0.436. The molecule has 2 fully saturated rings. The summed E-state index contributed by atoms with van der Waals surface area (Å²) in [6.45, 7) is 2.74. The minimum Gasteiger partial charge on any atom is -0.365 e. The summed E-state index contributed by atoms with van der Waals surface area (Å²) in [6, 6.07) is 20.2. The zero-order valence-corrected chi connectivity index (χ0v) is 18.0. The molecule has 4 nitrogen and oxygen atoms in total. The first-order valence-corrected chi connectivity index (χ1v) is 11.4. The number of likely N-dealkylation sites (N-methyl/N-ethyl adjacent to an activating group) is 1. The minimum absolute atomic E-state index is 0.0513. The molecule has 1 saturated carbocycles. The molecule has 0 bridgehead atoms. The summed E-state index contributed by atoms with van der Waals surface area (Å²) in [7, 11) is 1.93. The van der Waals surface area contributed by atoms with E-state index < -0.39 is 5.72 Å². The topological polar surface area (TPSA) is 43.8 Å². The molecule has 4 heteroatoms. The van der Waals surface area contributed by atoms with Gasteiger partial charge in [-0.2, -0.15) is 0 Å². The molecule has 2 aromatic rings. The average molecular weight is 407 g/mol. The molecule has 2 aliphatic rings. The van der Waals surface area contributed by atoms with Crippen molar-refractivity contribution in [3.05, 3.63) is 71.8 Å². The molecule has 1 heterocycles. The van der Waals surface area contributed by atoms with Crippen LogP contribution in [-0.4, -0.2) is 46.9 Å². The van der Waals surface area contributed by atoms with Crippen molar-refractivity contribution in [1.82, 2.24) is 9.80 Å². The number of carbonyl (C=O) groups excluding carboxylic acids is 1. The number of benzene rings is 2. The summed E-state index contributed by atoms with van der Waals surface area (Å²) in [4.78, 5) is 17.9. The number of rotatable bonds is 8. The quantitative estimate of drug-likeness (QED) is 0.668. The molecular formula is C26H34N2O2. The van der Waals surface area contributed by atoms with Crippen LogP contribution in [-0.2, 0) is 17.1 Å². The predicted molar refractivity (Wildman–Crippen MR) is 120 cm³/mol. The first kappa shape index (κ1) is 21.2. The van der Waals surface area contributed by atoms with Gasteiger partial charge in [0.25, 0.3) is 0 Å². The van der Waals surface area contributed by atoms with Gasteiger partial charge in [0.2, 0.25) is 5.72 Å². The number of aliphatic hydroxyl groups is 1. The van der Waals surface area contributed by atoms with E-state index in [1.807, 2.05) is 48.3 Å². The fourth-order valence-electron chi connectivity index (χ4n) is 5.23. The molecule has 0 aromatic heterocycles. The number of carbonyl (C=O) groups is 1. The van der Waals surface area contributed by atoms with E-state index in [0.29, 0.717) is 17.9 Å². The van der Waals surface area contributed by atoms with Gasteiger partial charge in [-0.15, -0.1) is 0 Å². The smallest absolute Gasteiger partial charge is 0.205 e. The predicted octanol–water partition coefficient (Wildman–Crippen LogP) is 4.19. The molecule has 1 aliphatic heterocycles. The molecule has 2 aromatic carbocycles. The maximum Gasteiger partial charge on any atom is 0.205 e. The van der Waals surface area contributed by atoms with Gasteiger partial charge in [-0.3, -0.25) is 14.6 Å². The van der Waals surface area contributed by atoms with Crippen molar-refractivity contribution in [3.63, 3.8) is 0 Å². The normalized spacial score (nSPS) is 22.4. The highest BCUT2D eigenvalue weighted by Crippen LogP contribution is 2.36. The van der Waals surface area contributed by atoms with Gasteiger partial charge >= 0.3 is 0 Å². The lowest BCUT2D eigenvalue weighted by molar-refractivity contribution is -0.167. The number of ketones is 1.